The summed E-state index contributed by atoms with van der Waals surface area (Å²) in [6.07, 6.45) is 18.5. The number of rotatable bonds is 15. The summed E-state index contributed by atoms with van der Waals surface area (Å²) in [7, 11) is 0. The van der Waals surface area contributed by atoms with Crippen molar-refractivity contribution in [3.05, 3.63) is 0 Å². The maximum Gasteiger partial charge on any atom is 1.00 e. The molecule has 0 fully saturated rings. The third-order valence-corrected chi connectivity index (χ3v) is 4.31. The Balaban J connectivity index is -0.00000162. The maximum absolute atomic E-state index is 10.4. The van der Waals surface area contributed by atoms with E-state index in [1.807, 2.05) is 0 Å². The summed E-state index contributed by atoms with van der Waals surface area (Å²) in [5.41, 5.74) is 0. The zero-order valence-corrected chi connectivity index (χ0v) is 16.7. The van der Waals surface area contributed by atoms with Crippen LogP contribution in [-0.4, -0.2) is 14.5 Å². The van der Waals surface area contributed by atoms with E-state index in [0.29, 0.717) is 5.75 Å². The first kappa shape index (κ1) is 23.4. The minimum atomic E-state index is -1.58. The molecule has 4 heteroatoms. The molecule has 118 valence electrons. The van der Waals surface area contributed by atoms with Crippen molar-refractivity contribution in [3.8, 4) is 0 Å². The van der Waals surface area contributed by atoms with E-state index in [9.17, 15) is 4.21 Å². The van der Waals surface area contributed by atoms with Gasteiger partial charge >= 0.3 is 29.6 Å². The van der Waals surface area contributed by atoms with E-state index in [0.717, 1.165) is 12.8 Å². The summed E-state index contributed by atoms with van der Waals surface area (Å²) in [4.78, 5) is 0. The van der Waals surface area contributed by atoms with Gasteiger partial charge in [0, 0.05) is 5.75 Å². The molecule has 2 nitrogen and oxygen atoms in total. The monoisotopic (exact) mass is 314 g/mol. The summed E-state index contributed by atoms with van der Waals surface area (Å²) < 4.78 is 19.0. The number of unbranched alkanes of at least 4 members (excludes halogenated alkanes) is 13. The van der Waals surface area contributed by atoms with Crippen LogP contribution in [0.5, 0.6) is 0 Å². The zero-order valence-electron chi connectivity index (χ0n) is 14.9. The molecule has 20 heavy (non-hydrogen) atoms. The van der Waals surface area contributed by atoms with E-state index in [-0.39, 0.29) is 31.0 Å². The van der Waals surface area contributed by atoms with E-state index in [1.165, 1.54) is 77.0 Å². The molecule has 0 heterocycles. The first-order valence-electron chi connectivity index (χ1n) is 8.35. The summed E-state index contributed by atoms with van der Waals surface area (Å²) in [6.45, 7) is 2.27. The maximum atomic E-state index is 10.4. The molecule has 0 spiro atoms. The molecular weight excluding hydrogens is 279 g/mol. The van der Waals surface area contributed by atoms with E-state index in [2.05, 4.69) is 6.92 Å². The molecule has 1 unspecified atom stereocenters. The van der Waals surface area contributed by atoms with Gasteiger partial charge in [0.1, 0.15) is 0 Å². The van der Waals surface area contributed by atoms with Crippen molar-refractivity contribution < 1.29 is 39.7 Å². The van der Waals surface area contributed by atoms with Crippen molar-refractivity contribution in [2.24, 2.45) is 0 Å². The van der Waals surface area contributed by atoms with Gasteiger partial charge in [0.2, 0.25) is 0 Å². The van der Waals surface area contributed by atoms with Gasteiger partial charge in [-0.3, -0.25) is 0 Å². The number of hydrogen-bond donors (Lipinski definition) is 1. The van der Waals surface area contributed by atoms with Gasteiger partial charge in [-0.05, 0) is 6.42 Å². The van der Waals surface area contributed by atoms with Crippen LogP contribution in [-0.2, 0) is 11.1 Å². The third kappa shape index (κ3) is 21.4. The zero-order chi connectivity index (χ0) is 14.2. The molecule has 0 radical (unpaired) electrons. The molecule has 0 aromatic carbocycles. The predicted molar refractivity (Wildman–Crippen MR) is 87.1 cm³/mol. The van der Waals surface area contributed by atoms with E-state index >= 15 is 0 Å². The summed E-state index contributed by atoms with van der Waals surface area (Å²) in [5, 5.41) is 0. The van der Waals surface area contributed by atoms with E-state index < -0.39 is 11.1 Å². The molecule has 0 aliphatic rings. The van der Waals surface area contributed by atoms with Crippen LogP contribution in [0, 0.1) is 0 Å². The van der Waals surface area contributed by atoms with Crippen LogP contribution >= 0.6 is 0 Å². The molecule has 0 saturated heterocycles. The second-order valence-corrected chi connectivity index (χ2v) is 6.67. The van der Waals surface area contributed by atoms with Crippen LogP contribution in [0.25, 0.3) is 0 Å². The molecule has 1 atom stereocenters. The Labute approximate surface area is 152 Å². The summed E-state index contributed by atoms with van der Waals surface area (Å²) in [5.74, 6) is 0.456. The quantitative estimate of drug-likeness (QED) is 0.287. The van der Waals surface area contributed by atoms with Crippen molar-refractivity contribution >= 4 is 11.1 Å². The minimum absolute atomic E-state index is 0. The molecule has 1 N–H and O–H groups in total. The van der Waals surface area contributed by atoms with Crippen LogP contribution in [0.1, 0.15) is 98.2 Å². The topological polar surface area (TPSA) is 37.3 Å². The van der Waals surface area contributed by atoms with Crippen LogP contribution in [0.3, 0.4) is 0 Å². The molecule has 0 aliphatic carbocycles. The van der Waals surface area contributed by atoms with Crippen molar-refractivity contribution in [2.45, 2.75) is 96.8 Å². The van der Waals surface area contributed by atoms with Crippen LogP contribution in [0.15, 0.2) is 0 Å². The van der Waals surface area contributed by atoms with Gasteiger partial charge in [-0.15, -0.1) is 0 Å². The molecule has 0 aliphatic heterocycles. The number of hydrogen-bond acceptors (Lipinski definition) is 1. The van der Waals surface area contributed by atoms with Gasteiger partial charge in [0.15, 0.2) is 11.1 Å². The van der Waals surface area contributed by atoms with Crippen molar-refractivity contribution in [2.75, 3.05) is 5.75 Å². The molecule has 0 saturated carbocycles. The summed E-state index contributed by atoms with van der Waals surface area (Å²) >= 11 is -1.58. The predicted octanol–water partition coefficient (Wildman–Crippen LogP) is 2.81. The minimum Gasteiger partial charge on any atom is -1.00 e. The Hall–Kier alpha value is 1.11. The Kier molecular flexibility index (Phi) is 23.5. The van der Waals surface area contributed by atoms with E-state index in [4.69, 9.17) is 4.55 Å². The normalized spacial score (nSPS) is 12.1. The Morgan fingerprint density at radius 2 is 1.00 bits per heavy atom. The van der Waals surface area contributed by atoms with Gasteiger partial charge in [-0.2, -0.15) is 0 Å². The average molecular weight is 315 g/mol. The second-order valence-electron chi connectivity index (χ2n) is 5.62. The van der Waals surface area contributed by atoms with Crippen LogP contribution < -0.4 is 29.6 Å². The second kappa shape index (κ2) is 20.1. The van der Waals surface area contributed by atoms with Gasteiger partial charge in [-0.25, -0.2) is 4.21 Å². The molecule has 0 aromatic heterocycles. The van der Waals surface area contributed by atoms with Gasteiger partial charge in [0.05, 0.1) is 0 Å². The molecule has 0 bridgehead atoms. The largest absolute Gasteiger partial charge is 1.00 e. The first-order chi connectivity index (χ1) is 9.27. The fourth-order valence-electron chi connectivity index (χ4n) is 2.42. The smallest absolute Gasteiger partial charge is 1.00 e. The average Bonchev–Trinajstić information content (AvgIpc) is 2.39. The molecule has 0 rings (SSSR count). The van der Waals surface area contributed by atoms with Crippen LogP contribution in [0.2, 0.25) is 0 Å². The first-order valence-corrected chi connectivity index (χ1v) is 9.62. The Morgan fingerprint density at radius 3 is 1.30 bits per heavy atom. The fourth-order valence-corrected chi connectivity index (χ4v) is 2.87. The Morgan fingerprint density at radius 1 is 0.700 bits per heavy atom. The summed E-state index contributed by atoms with van der Waals surface area (Å²) in [6, 6.07) is 0. The van der Waals surface area contributed by atoms with E-state index in [1.54, 1.807) is 0 Å². The van der Waals surface area contributed by atoms with Crippen molar-refractivity contribution in [1.82, 2.24) is 0 Å². The molecule has 0 aromatic rings. The van der Waals surface area contributed by atoms with Gasteiger partial charge in [0.25, 0.3) is 0 Å². The van der Waals surface area contributed by atoms with Crippen molar-refractivity contribution in [1.29, 1.82) is 0 Å². The Bertz CT molecular complexity index is 207. The van der Waals surface area contributed by atoms with Crippen molar-refractivity contribution in [3.63, 3.8) is 0 Å². The molecular formula is C16H35NaO2S. The third-order valence-electron chi connectivity index (χ3n) is 3.67. The molecule has 0 amide bonds. The fraction of sp³-hybridized carbons (Fsp3) is 1.00. The SMILES string of the molecule is CCCCCCCCCCCCCCCCS(=O)O.[H-].[Na+]. The van der Waals surface area contributed by atoms with Crippen LogP contribution in [0.4, 0.5) is 0 Å². The van der Waals surface area contributed by atoms with Gasteiger partial charge < -0.3 is 5.98 Å². The standard InChI is InChI=1S/C16H34O2S.Na.H/c1-2-3-4-5-6-7-8-9-10-11-12-13-14-15-16-19(17)18;;/h2-16H2,1H3,(H,17,18);;/q;+1;-1. The van der Waals surface area contributed by atoms with Gasteiger partial charge in [-0.1, -0.05) is 90.4 Å².